The van der Waals surface area contributed by atoms with Gasteiger partial charge in [-0.25, -0.2) is 13.9 Å². The summed E-state index contributed by atoms with van der Waals surface area (Å²) in [7, 11) is 1.13. The van der Waals surface area contributed by atoms with Crippen LogP contribution in [0.25, 0.3) is 0 Å². The van der Waals surface area contributed by atoms with Crippen LogP contribution in [0.5, 0.6) is 11.5 Å². The zero-order valence-electron chi connectivity index (χ0n) is 38.3. The van der Waals surface area contributed by atoms with Crippen molar-refractivity contribution in [2.45, 2.75) is 96.7 Å². The molecule has 14 nitrogen and oxygen atoms in total. The number of halogens is 1. The Morgan fingerprint density at radius 2 is 1.51 bits per heavy atom. The highest BCUT2D eigenvalue weighted by molar-refractivity contribution is 8.13. The van der Waals surface area contributed by atoms with Crippen LogP contribution in [0.15, 0.2) is 113 Å². The van der Waals surface area contributed by atoms with Crippen LogP contribution in [0.3, 0.4) is 0 Å². The molecule has 1 fully saturated rings. The van der Waals surface area contributed by atoms with Gasteiger partial charge in [0, 0.05) is 41.9 Å². The molecule has 0 radical (unpaired) electrons. The lowest BCUT2D eigenvalue weighted by Crippen LogP contribution is -2.41. The molecule has 0 amide bonds. The number of methoxy groups -OCH3 is 2. The Labute approximate surface area is 385 Å². The molecule has 0 spiro atoms. The van der Waals surface area contributed by atoms with E-state index in [9.17, 15) is 19.2 Å². The minimum atomic E-state index is -2.04. The molecule has 5 atom stereocenters. The number of ether oxygens (including phenoxy) is 5. The number of nitrogens with one attached hydrogen (secondary N) is 1. The second-order valence-electron chi connectivity index (χ2n) is 16.5. The van der Waals surface area contributed by atoms with Gasteiger partial charge in [-0.05, 0) is 75.1 Å². The van der Waals surface area contributed by atoms with Crippen LogP contribution in [-0.2, 0) is 38.4 Å². The van der Waals surface area contributed by atoms with E-state index in [2.05, 4.69) is 11.6 Å². The minimum Gasteiger partial charge on any atom is -0.497 e. The molecule has 2 heterocycles. The SMILES string of the molecule is C=CCOC(=O)CCC(C)(C)C(=O)SCCOP(OC1C(COC(c2ccccc2)(c2ccc(OC)cc2)c2ccc(OC)cc2)OC(n2ccc(=O)[nH]c2=O)C1F)N(C(C)C)C(C)C. The fourth-order valence-electron chi connectivity index (χ4n) is 7.50. The van der Waals surface area contributed by atoms with Gasteiger partial charge in [-0.3, -0.25) is 23.9 Å². The summed E-state index contributed by atoms with van der Waals surface area (Å²) in [6, 6.07) is 25.4. The average Bonchev–Trinajstić information content (AvgIpc) is 3.60. The quantitative estimate of drug-likeness (QED) is 0.0235. The van der Waals surface area contributed by atoms with Crippen molar-refractivity contribution in [1.29, 1.82) is 0 Å². The van der Waals surface area contributed by atoms with E-state index in [0.717, 1.165) is 39.1 Å². The van der Waals surface area contributed by atoms with Gasteiger partial charge in [0.25, 0.3) is 14.1 Å². The molecule has 352 valence electrons. The minimum absolute atomic E-state index is 0.0655. The van der Waals surface area contributed by atoms with Crippen molar-refractivity contribution in [2.75, 3.05) is 39.8 Å². The fraction of sp³-hybridized carbons (Fsp3) is 0.458. The zero-order chi connectivity index (χ0) is 47.3. The monoisotopic (exact) mass is 937 g/mol. The molecule has 0 aliphatic carbocycles. The molecule has 1 N–H and O–H groups in total. The zero-order valence-corrected chi connectivity index (χ0v) is 40.0. The Balaban J connectivity index is 1.50. The van der Waals surface area contributed by atoms with E-state index in [0.29, 0.717) is 17.9 Å². The van der Waals surface area contributed by atoms with Gasteiger partial charge in [0.15, 0.2) is 17.5 Å². The van der Waals surface area contributed by atoms with Gasteiger partial charge in [0.2, 0.25) is 0 Å². The third kappa shape index (κ3) is 12.8. The molecule has 5 rings (SSSR count). The lowest BCUT2D eigenvalue weighted by molar-refractivity contribution is -0.143. The third-order valence-electron chi connectivity index (χ3n) is 10.9. The number of aromatic nitrogens is 2. The van der Waals surface area contributed by atoms with E-state index in [4.69, 9.17) is 32.7 Å². The summed E-state index contributed by atoms with van der Waals surface area (Å²) in [6.07, 6.45) is -2.92. The van der Waals surface area contributed by atoms with Crippen molar-refractivity contribution in [1.82, 2.24) is 14.2 Å². The van der Waals surface area contributed by atoms with Gasteiger partial charge in [-0.2, -0.15) is 0 Å². The van der Waals surface area contributed by atoms with Gasteiger partial charge < -0.3 is 32.7 Å². The molecule has 1 aliphatic rings. The van der Waals surface area contributed by atoms with Crippen LogP contribution in [-0.4, -0.2) is 95.6 Å². The highest BCUT2D eigenvalue weighted by Crippen LogP contribution is 2.51. The lowest BCUT2D eigenvalue weighted by Gasteiger charge is -2.39. The summed E-state index contributed by atoms with van der Waals surface area (Å²) in [6.45, 7) is 14.9. The second-order valence-corrected chi connectivity index (χ2v) is 19.0. The molecule has 0 bridgehead atoms. The number of aromatic amines is 1. The van der Waals surface area contributed by atoms with E-state index >= 15 is 4.39 Å². The van der Waals surface area contributed by atoms with E-state index in [1.165, 1.54) is 12.3 Å². The average molecular weight is 938 g/mol. The number of nitrogens with zero attached hydrogens (tertiary/aromatic N) is 2. The Hall–Kier alpha value is -4.67. The first-order chi connectivity index (χ1) is 31.1. The van der Waals surface area contributed by atoms with E-state index in [1.807, 2.05) is 111 Å². The number of carbonyl (C=O) groups excluding carboxylic acids is 2. The van der Waals surface area contributed by atoms with Crippen LogP contribution < -0.4 is 20.7 Å². The number of hydrogen-bond donors (Lipinski definition) is 1. The number of hydrogen-bond acceptors (Lipinski definition) is 13. The Morgan fingerprint density at radius 1 is 0.923 bits per heavy atom. The smallest absolute Gasteiger partial charge is 0.330 e. The normalized spacial score (nSPS) is 18.2. The number of rotatable bonds is 24. The van der Waals surface area contributed by atoms with Gasteiger partial charge in [-0.15, -0.1) is 0 Å². The van der Waals surface area contributed by atoms with Crippen molar-refractivity contribution in [2.24, 2.45) is 5.41 Å². The molecule has 65 heavy (non-hydrogen) atoms. The molecule has 0 saturated carbocycles. The Kier molecular flexibility index (Phi) is 18.7. The molecule has 1 aliphatic heterocycles. The fourth-order valence-corrected chi connectivity index (χ4v) is 10.2. The molecule has 4 aromatic rings. The largest absolute Gasteiger partial charge is 0.497 e. The standard InChI is InChI=1S/C48H61FN3O11PS/c1-10-28-59-41(54)24-26-47(6,7)45(55)65-30-29-61-64(52(32(2)3)33(4)5)63-43-39(62-44(42(43)49)51-27-25-40(53)50-46(51)56)31-60-48(34-14-12-11-13-15-34,35-16-20-37(57-8)21-17-35)36-18-22-38(58-9)23-19-36/h10-23,25,27,32-33,39,42-44H,1,24,26,28-31H2,2-9H3,(H,50,53,56). The van der Waals surface area contributed by atoms with E-state index in [-0.39, 0.29) is 49.2 Å². The predicted octanol–water partition coefficient (Wildman–Crippen LogP) is 8.34. The number of alkyl halides is 1. The topological polar surface area (TPSA) is 157 Å². The number of esters is 1. The Morgan fingerprint density at radius 3 is 2.05 bits per heavy atom. The molecule has 1 aromatic heterocycles. The molecule has 17 heteroatoms. The van der Waals surface area contributed by atoms with Gasteiger partial charge in [0.1, 0.15) is 35.9 Å². The van der Waals surface area contributed by atoms with Crippen molar-refractivity contribution in [3.05, 3.63) is 141 Å². The van der Waals surface area contributed by atoms with Crippen molar-refractivity contribution < 1.29 is 46.7 Å². The first-order valence-corrected chi connectivity index (χ1v) is 23.6. The van der Waals surface area contributed by atoms with E-state index < -0.39 is 61.4 Å². The summed E-state index contributed by atoms with van der Waals surface area (Å²) in [5.41, 5.74) is -1.41. The number of H-pyrrole nitrogens is 1. The maximum absolute atomic E-state index is 17.3. The summed E-state index contributed by atoms with van der Waals surface area (Å²) in [5.74, 6) is 1.11. The highest BCUT2D eigenvalue weighted by atomic mass is 32.2. The van der Waals surface area contributed by atoms with Crippen LogP contribution >= 0.6 is 20.3 Å². The first kappa shape index (κ1) is 51.3. The van der Waals surface area contributed by atoms with Crippen molar-refractivity contribution >= 4 is 31.4 Å². The van der Waals surface area contributed by atoms with Crippen LogP contribution in [0, 0.1) is 5.41 Å². The predicted molar refractivity (Wildman–Crippen MR) is 250 cm³/mol. The van der Waals surface area contributed by atoms with Crippen molar-refractivity contribution in [3.8, 4) is 11.5 Å². The maximum atomic E-state index is 17.3. The second kappa shape index (κ2) is 23.7. The first-order valence-electron chi connectivity index (χ1n) is 21.5. The molecule has 3 aromatic carbocycles. The molecular weight excluding hydrogens is 877 g/mol. The van der Waals surface area contributed by atoms with Crippen LogP contribution in [0.2, 0.25) is 0 Å². The summed E-state index contributed by atoms with van der Waals surface area (Å²) < 4.78 is 63.3. The maximum Gasteiger partial charge on any atom is 0.330 e. The van der Waals surface area contributed by atoms with Crippen LogP contribution in [0.1, 0.15) is 77.3 Å². The summed E-state index contributed by atoms with van der Waals surface area (Å²) in [5, 5.41) is -0.123. The van der Waals surface area contributed by atoms with Gasteiger partial charge >= 0.3 is 11.7 Å². The van der Waals surface area contributed by atoms with Crippen molar-refractivity contribution in [3.63, 3.8) is 0 Å². The number of benzene rings is 3. The lowest BCUT2D eigenvalue weighted by atomic mass is 9.80. The highest BCUT2D eigenvalue weighted by Gasteiger charge is 2.51. The van der Waals surface area contributed by atoms with Gasteiger partial charge in [0.05, 0.1) is 27.4 Å². The molecule has 5 unspecified atom stereocenters. The molecular formula is C48H61FN3O11PS. The molecule has 1 saturated heterocycles. The Bertz CT molecular complexity index is 2220. The number of carbonyl (C=O) groups is 2. The summed E-state index contributed by atoms with van der Waals surface area (Å²) >= 11 is 1.08. The van der Waals surface area contributed by atoms with Crippen LogP contribution in [0.4, 0.5) is 4.39 Å². The van der Waals surface area contributed by atoms with Gasteiger partial charge in [-0.1, -0.05) is 92.9 Å². The summed E-state index contributed by atoms with van der Waals surface area (Å²) in [4.78, 5) is 52.9. The van der Waals surface area contributed by atoms with E-state index in [1.54, 1.807) is 28.1 Å². The third-order valence-corrected chi connectivity index (χ3v) is 14.2. The number of thioether (sulfide) groups is 1.